The van der Waals surface area contributed by atoms with E-state index in [-0.39, 0.29) is 5.91 Å². The number of thiophene rings is 1. The molecule has 4 N–H and O–H groups in total. The lowest BCUT2D eigenvalue weighted by Gasteiger charge is -2.07. The lowest BCUT2D eigenvalue weighted by molar-refractivity contribution is 0.0960. The highest BCUT2D eigenvalue weighted by molar-refractivity contribution is 7.99. The Bertz CT molecular complexity index is 430. The smallest absolute Gasteiger partial charge is 0.263 e. The zero-order valence-corrected chi connectivity index (χ0v) is 13.6. The van der Waals surface area contributed by atoms with Crippen LogP contribution in [0.15, 0.2) is 4.90 Å². The van der Waals surface area contributed by atoms with Crippen LogP contribution >= 0.6 is 23.1 Å². The van der Waals surface area contributed by atoms with E-state index in [1.54, 1.807) is 11.8 Å². The zero-order chi connectivity index (χ0) is 14.4. The van der Waals surface area contributed by atoms with Crippen molar-refractivity contribution in [2.75, 3.05) is 30.4 Å². The molecule has 0 aliphatic rings. The average Bonchev–Trinajstić information content (AvgIpc) is 2.65. The summed E-state index contributed by atoms with van der Waals surface area (Å²) >= 11 is 3.02. The van der Waals surface area contributed by atoms with Gasteiger partial charge in [0, 0.05) is 13.1 Å². The monoisotopic (exact) mass is 301 g/mol. The maximum Gasteiger partial charge on any atom is 0.263 e. The summed E-state index contributed by atoms with van der Waals surface area (Å²) < 4.78 is 0. The average molecular weight is 301 g/mol. The maximum atomic E-state index is 11.9. The molecule has 1 heterocycles. The van der Waals surface area contributed by atoms with E-state index in [0.717, 1.165) is 22.9 Å². The van der Waals surface area contributed by atoms with Crippen molar-refractivity contribution in [3.05, 3.63) is 4.88 Å². The lowest BCUT2D eigenvalue weighted by atomic mass is 10.1. The molecule has 0 saturated heterocycles. The number of thioether (sulfide) groups is 1. The van der Waals surface area contributed by atoms with Crippen molar-refractivity contribution in [1.29, 1.82) is 0 Å². The van der Waals surface area contributed by atoms with Crippen molar-refractivity contribution in [2.45, 2.75) is 32.1 Å². The second-order valence-electron chi connectivity index (χ2n) is 4.68. The molecular weight excluding hydrogens is 278 g/mol. The van der Waals surface area contributed by atoms with E-state index >= 15 is 0 Å². The summed E-state index contributed by atoms with van der Waals surface area (Å²) in [6, 6.07) is 0. The number of nitrogens with one attached hydrogen (secondary N) is 2. The molecule has 19 heavy (non-hydrogen) atoms. The third-order valence-electron chi connectivity index (χ3n) is 2.65. The van der Waals surface area contributed by atoms with E-state index in [9.17, 15) is 4.79 Å². The first-order chi connectivity index (χ1) is 9.01. The number of carbonyl (C=O) groups excluding carboxylic acids is 1. The largest absolute Gasteiger partial charge is 0.396 e. The van der Waals surface area contributed by atoms with Gasteiger partial charge in [-0.3, -0.25) is 4.79 Å². The van der Waals surface area contributed by atoms with Gasteiger partial charge in [-0.25, -0.2) is 0 Å². The van der Waals surface area contributed by atoms with Gasteiger partial charge in [0.25, 0.3) is 5.91 Å². The quantitative estimate of drug-likeness (QED) is 0.676. The van der Waals surface area contributed by atoms with Gasteiger partial charge in [-0.15, -0.1) is 23.1 Å². The Kier molecular flexibility index (Phi) is 6.51. The normalized spacial score (nSPS) is 10.8. The molecule has 0 saturated carbocycles. The first-order valence-electron chi connectivity index (χ1n) is 6.49. The molecule has 0 aromatic carbocycles. The molecule has 0 spiro atoms. The predicted octanol–water partition coefficient (Wildman–Crippen LogP) is 3.26. The van der Waals surface area contributed by atoms with Gasteiger partial charge in [0.05, 0.1) is 10.6 Å². The van der Waals surface area contributed by atoms with Gasteiger partial charge < -0.3 is 16.4 Å². The predicted molar refractivity (Wildman–Crippen MR) is 86.5 cm³/mol. The van der Waals surface area contributed by atoms with Crippen molar-refractivity contribution < 1.29 is 4.79 Å². The number of hydrogen-bond acceptors (Lipinski definition) is 5. The molecule has 108 valence electrons. The van der Waals surface area contributed by atoms with Crippen LogP contribution < -0.4 is 16.4 Å². The number of amides is 1. The summed E-state index contributed by atoms with van der Waals surface area (Å²) in [6.45, 7) is 7.81. The van der Waals surface area contributed by atoms with Gasteiger partial charge in [0.2, 0.25) is 0 Å². The number of rotatable bonds is 7. The fourth-order valence-corrected chi connectivity index (χ4v) is 3.61. The minimum absolute atomic E-state index is 0.0859. The first kappa shape index (κ1) is 16.2. The van der Waals surface area contributed by atoms with Gasteiger partial charge in [0.15, 0.2) is 0 Å². The third kappa shape index (κ3) is 4.31. The molecule has 4 nitrogen and oxygen atoms in total. The van der Waals surface area contributed by atoms with Gasteiger partial charge >= 0.3 is 0 Å². The summed E-state index contributed by atoms with van der Waals surface area (Å²) in [4.78, 5) is 13.5. The van der Waals surface area contributed by atoms with E-state index < -0.39 is 0 Å². The van der Waals surface area contributed by atoms with Crippen molar-refractivity contribution in [2.24, 2.45) is 5.92 Å². The van der Waals surface area contributed by atoms with Crippen molar-refractivity contribution in [3.63, 3.8) is 0 Å². The number of nitrogen functional groups attached to an aromatic ring is 1. The van der Waals surface area contributed by atoms with Crippen LogP contribution in [0.2, 0.25) is 0 Å². The zero-order valence-electron chi connectivity index (χ0n) is 12.0. The van der Waals surface area contributed by atoms with E-state index in [0.29, 0.717) is 23.0 Å². The van der Waals surface area contributed by atoms with Crippen LogP contribution in [0.3, 0.4) is 0 Å². The molecule has 1 rings (SSSR count). The highest BCUT2D eigenvalue weighted by Gasteiger charge is 2.19. The molecule has 6 heteroatoms. The second kappa shape index (κ2) is 7.65. The third-order valence-corrected chi connectivity index (χ3v) is 4.78. The van der Waals surface area contributed by atoms with E-state index in [2.05, 4.69) is 24.5 Å². The Morgan fingerprint density at radius 2 is 2.16 bits per heavy atom. The fraction of sp³-hybridized carbons (Fsp3) is 0.615. The summed E-state index contributed by atoms with van der Waals surface area (Å²) in [5.41, 5.74) is 6.66. The van der Waals surface area contributed by atoms with Crippen LogP contribution in [-0.4, -0.2) is 25.3 Å². The topological polar surface area (TPSA) is 67.2 Å². The molecule has 0 unspecified atom stereocenters. The van der Waals surface area contributed by atoms with Gasteiger partial charge in [-0.2, -0.15) is 0 Å². The van der Waals surface area contributed by atoms with Crippen molar-refractivity contribution >= 4 is 39.7 Å². The van der Waals surface area contributed by atoms with Crippen LogP contribution in [0.25, 0.3) is 0 Å². The summed E-state index contributed by atoms with van der Waals surface area (Å²) in [5.74, 6) is 0.572. The lowest BCUT2D eigenvalue weighted by Crippen LogP contribution is -2.22. The summed E-state index contributed by atoms with van der Waals surface area (Å²) in [6.07, 6.45) is 3.08. The van der Waals surface area contributed by atoms with Gasteiger partial charge in [-0.05, 0) is 25.5 Å². The molecule has 0 bridgehead atoms. The van der Waals surface area contributed by atoms with Gasteiger partial charge in [0.1, 0.15) is 9.88 Å². The van der Waals surface area contributed by atoms with Crippen LogP contribution in [0.1, 0.15) is 36.9 Å². The SMILES string of the molecule is CCNC(=O)c1sc(NCCC(C)C)c(SC)c1N. The molecule has 1 aromatic rings. The number of nitrogens with two attached hydrogens (primary N) is 1. The molecule has 1 amide bonds. The van der Waals surface area contributed by atoms with Crippen LogP contribution in [0.5, 0.6) is 0 Å². The minimum atomic E-state index is -0.0859. The minimum Gasteiger partial charge on any atom is -0.396 e. The van der Waals surface area contributed by atoms with Crippen molar-refractivity contribution in [1.82, 2.24) is 5.32 Å². The Morgan fingerprint density at radius 3 is 2.68 bits per heavy atom. The Hall–Kier alpha value is -0.880. The second-order valence-corrected chi connectivity index (χ2v) is 6.51. The van der Waals surface area contributed by atoms with Gasteiger partial charge in [-0.1, -0.05) is 13.8 Å². The number of hydrogen-bond donors (Lipinski definition) is 3. The molecular formula is C13H23N3OS2. The summed E-state index contributed by atoms with van der Waals surface area (Å²) in [7, 11) is 0. The fourth-order valence-electron chi connectivity index (χ4n) is 1.63. The highest BCUT2D eigenvalue weighted by Crippen LogP contribution is 2.41. The Labute approximate surface area is 123 Å². The van der Waals surface area contributed by atoms with Crippen molar-refractivity contribution in [3.8, 4) is 0 Å². The molecule has 1 aromatic heterocycles. The number of anilines is 2. The maximum absolute atomic E-state index is 11.9. The van der Waals surface area contributed by atoms with Crippen LogP contribution in [-0.2, 0) is 0 Å². The van der Waals surface area contributed by atoms with E-state index in [1.807, 2.05) is 13.2 Å². The first-order valence-corrected chi connectivity index (χ1v) is 8.53. The van der Waals surface area contributed by atoms with E-state index in [1.165, 1.54) is 11.3 Å². The van der Waals surface area contributed by atoms with E-state index in [4.69, 9.17) is 5.73 Å². The van der Waals surface area contributed by atoms with Crippen LogP contribution in [0.4, 0.5) is 10.7 Å². The van der Waals surface area contributed by atoms with Crippen LogP contribution in [0, 0.1) is 5.92 Å². The number of carbonyl (C=O) groups is 1. The molecule has 0 aliphatic heterocycles. The Balaban J connectivity index is 2.86. The Morgan fingerprint density at radius 1 is 1.47 bits per heavy atom. The highest BCUT2D eigenvalue weighted by atomic mass is 32.2. The molecule has 0 atom stereocenters. The molecule has 0 radical (unpaired) electrons. The molecule has 0 fully saturated rings. The summed E-state index contributed by atoms with van der Waals surface area (Å²) in [5, 5.41) is 7.19. The standard InChI is InChI=1S/C13H23N3OS2/c1-5-15-12(17)10-9(14)11(18-4)13(19-10)16-7-6-8(2)3/h8,16H,5-7,14H2,1-4H3,(H,15,17). The molecule has 0 aliphatic carbocycles.